The number of aromatic nitrogens is 4. The summed E-state index contributed by atoms with van der Waals surface area (Å²) < 4.78 is 14.6. The molecule has 30 heavy (non-hydrogen) atoms. The number of fused-ring (bicyclic) bond motifs is 2. The molecule has 1 aliphatic heterocycles. The van der Waals surface area contributed by atoms with Gasteiger partial charge in [0.15, 0.2) is 33.6 Å². The van der Waals surface area contributed by atoms with Crippen LogP contribution in [0.1, 0.15) is 20.3 Å². The molecule has 0 saturated heterocycles. The first-order valence-electron chi connectivity index (χ1n) is 9.97. The van der Waals surface area contributed by atoms with Crippen LogP contribution in [0.5, 0.6) is 11.5 Å². The minimum atomic E-state index is 0.394. The first-order chi connectivity index (χ1) is 14.5. The Balaban J connectivity index is 1.61. The van der Waals surface area contributed by atoms with Crippen molar-refractivity contribution < 1.29 is 9.47 Å². The number of nitrogens with one attached hydrogen (secondary N) is 1. The van der Waals surface area contributed by atoms with Gasteiger partial charge >= 0.3 is 0 Å². The van der Waals surface area contributed by atoms with Gasteiger partial charge < -0.3 is 25.1 Å². The molecular formula is C20H25IN6O2S. The molecule has 2 aromatic heterocycles. The molecule has 0 atom stereocenters. The van der Waals surface area contributed by atoms with Crippen LogP contribution in [0, 0.1) is 9.49 Å². The van der Waals surface area contributed by atoms with Crippen LogP contribution in [0.4, 0.5) is 5.82 Å². The summed E-state index contributed by atoms with van der Waals surface area (Å²) >= 11 is 3.89. The van der Waals surface area contributed by atoms with Crippen molar-refractivity contribution in [1.29, 1.82) is 0 Å². The fourth-order valence-electron chi connectivity index (χ4n) is 3.14. The lowest BCUT2D eigenvalue weighted by Crippen LogP contribution is -2.22. The number of hydrogen-bond acceptors (Lipinski definition) is 8. The second-order valence-corrected chi connectivity index (χ2v) is 9.61. The van der Waals surface area contributed by atoms with Gasteiger partial charge in [-0.1, -0.05) is 25.6 Å². The molecular weight excluding hydrogens is 515 g/mol. The average Bonchev–Trinajstić information content (AvgIpc) is 3.07. The largest absolute Gasteiger partial charge is 0.486 e. The number of nitrogen functional groups attached to an aromatic ring is 1. The molecule has 0 radical (unpaired) electrons. The predicted molar refractivity (Wildman–Crippen MR) is 126 cm³/mol. The molecule has 4 rings (SSSR count). The topological polar surface area (TPSA) is 100 Å². The van der Waals surface area contributed by atoms with E-state index in [1.807, 2.05) is 12.1 Å². The molecule has 1 aromatic carbocycles. The molecule has 0 spiro atoms. The lowest BCUT2D eigenvalue weighted by atomic mass is 10.1. The Kier molecular flexibility index (Phi) is 6.84. The van der Waals surface area contributed by atoms with E-state index in [1.54, 1.807) is 11.8 Å². The molecule has 10 heteroatoms. The maximum Gasteiger partial charge on any atom is 0.175 e. The number of anilines is 1. The van der Waals surface area contributed by atoms with Crippen LogP contribution in [0.3, 0.4) is 0 Å². The molecule has 0 saturated carbocycles. The van der Waals surface area contributed by atoms with E-state index in [1.165, 1.54) is 6.33 Å². The van der Waals surface area contributed by atoms with E-state index >= 15 is 0 Å². The minimum Gasteiger partial charge on any atom is -0.486 e. The van der Waals surface area contributed by atoms with E-state index < -0.39 is 0 Å². The second kappa shape index (κ2) is 9.56. The fraction of sp³-hybridized carbons (Fsp3) is 0.450. The molecule has 3 heterocycles. The van der Waals surface area contributed by atoms with E-state index in [2.05, 4.69) is 56.3 Å². The average molecular weight is 540 g/mol. The highest BCUT2D eigenvalue weighted by atomic mass is 127. The molecule has 0 unspecified atom stereocenters. The molecule has 0 amide bonds. The van der Waals surface area contributed by atoms with Crippen LogP contribution >= 0.6 is 34.4 Å². The Morgan fingerprint density at radius 3 is 2.73 bits per heavy atom. The zero-order valence-corrected chi connectivity index (χ0v) is 20.0. The molecule has 0 fully saturated rings. The van der Waals surface area contributed by atoms with Gasteiger partial charge in [0.1, 0.15) is 19.5 Å². The van der Waals surface area contributed by atoms with E-state index in [0.717, 1.165) is 56.8 Å². The number of rotatable bonds is 8. The summed E-state index contributed by atoms with van der Waals surface area (Å²) in [5, 5.41) is 4.34. The summed E-state index contributed by atoms with van der Waals surface area (Å²) in [6, 6.07) is 4.02. The van der Waals surface area contributed by atoms with Crippen molar-refractivity contribution in [3.05, 3.63) is 22.0 Å². The summed E-state index contributed by atoms with van der Waals surface area (Å²) in [5.41, 5.74) is 7.46. The van der Waals surface area contributed by atoms with Gasteiger partial charge in [-0.05, 0) is 53.6 Å². The van der Waals surface area contributed by atoms with Crippen molar-refractivity contribution in [3.8, 4) is 11.5 Å². The first kappa shape index (κ1) is 21.4. The number of benzene rings is 1. The van der Waals surface area contributed by atoms with Crippen LogP contribution in [0.2, 0.25) is 0 Å². The van der Waals surface area contributed by atoms with Crippen molar-refractivity contribution in [3.63, 3.8) is 0 Å². The Morgan fingerprint density at radius 2 is 1.97 bits per heavy atom. The first-order valence-corrected chi connectivity index (χ1v) is 11.9. The Bertz CT molecular complexity index is 1040. The van der Waals surface area contributed by atoms with Crippen LogP contribution in [0.25, 0.3) is 11.2 Å². The Labute approximate surface area is 193 Å². The standard InChI is InChI=1S/C20H25IN6O2S/c1-12(2)3-4-23-5-6-27-19-17(18(22)24-11-25-19)26-20(27)30-16-10-15-14(9-13(16)21)28-7-8-29-15/h9-12,23H,3-8H2,1-2H3,(H2,22,24,25). The number of nitrogens with zero attached hydrogens (tertiary/aromatic N) is 4. The summed E-state index contributed by atoms with van der Waals surface area (Å²) in [4.78, 5) is 14.4. The van der Waals surface area contributed by atoms with Gasteiger partial charge in [0.05, 0.1) is 0 Å². The number of imidazole rings is 1. The summed E-state index contributed by atoms with van der Waals surface area (Å²) in [5.74, 6) is 2.63. The molecule has 3 aromatic rings. The predicted octanol–water partition coefficient (Wildman–Crippen LogP) is 3.57. The van der Waals surface area contributed by atoms with Crippen LogP contribution in [-0.4, -0.2) is 45.8 Å². The van der Waals surface area contributed by atoms with Crippen molar-refractivity contribution in [2.45, 2.75) is 36.9 Å². The van der Waals surface area contributed by atoms with Gasteiger partial charge in [0.2, 0.25) is 0 Å². The quantitative estimate of drug-likeness (QED) is 0.331. The Morgan fingerprint density at radius 1 is 1.20 bits per heavy atom. The van der Waals surface area contributed by atoms with Crippen LogP contribution in [-0.2, 0) is 6.54 Å². The van der Waals surface area contributed by atoms with Gasteiger partial charge in [0.25, 0.3) is 0 Å². The van der Waals surface area contributed by atoms with Gasteiger partial charge in [-0.2, -0.15) is 0 Å². The monoisotopic (exact) mass is 540 g/mol. The number of ether oxygens (including phenoxy) is 2. The second-order valence-electron chi connectivity index (χ2n) is 7.44. The Hall–Kier alpha value is -1.79. The summed E-state index contributed by atoms with van der Waals surface area (Å²) in [7, 11) is 0. The van der Waals surface area contributed by atoms with Crippen LogP contribution in [0.15, 0.2) is 28.5 Å². The van der Waals surface area contributed by atoms with E-state index in [4.69, 9.17) is 20.2 Å². The molecule has 0 aliphatic carbocycles. The smallest absolute Gasteiger partial charge is 0.175 e. The van der Waals surface area contributed by atoms with Crippen molar-refractivity contribution in [1.82, 2.24) is 24.8 Å². The summed E-state index contributed by atoms with van der Waals surface area (Å²) in [6.07, 6.45) is 2.64. The van der Waals surface area contributed by atoms with E-state index in [9.17, 15) is 0 Å². The van der Waals surface area contributed by atoms with Gasteiger partial charge in [-0.3, -0.25) is 0 Å². The van der Waals surface area contributed by atoms with Crippen molar-refractivity contribution >= 4 is 51.3 Å². The third kappa shape index (κ3) is 4.75. The highest BCUT2D eigenvalue weighted by Crippen LogP contribution is 2.40. The van der Waals surface area contributed by atoms with E-state index in [0.29, 0.717) is 30.5 Å². The number of halogens is 1. The molecule has 8 nitrogen and oxygen atoms in total. The van der Waals surface area contributed by atoms with Crippen molar-refractivity contribution in [2.24, 2.45) is 5.92 Å². The fourth-order valence-corrected chi connectivity index (χ4v) is 4.85. The molecule has 3 N–H and O–H groups in total. The lowest BCUT2D eigenvalue weighted by Gasteiger charge is -2.19. The summed E-state index contributed by atoms with van der Waals surface area (Å²) in [6.45, 7) is 8.16. The SMILES string of the molecule is CC(C)CCNCCn1c(Sc2cc3c(cc2I)OCCO3)nc2c(N)ncnc21. The number of nitrogens with two attached hydrogens (primary N) is 1. The van der Waals surface area contributed by atoms with Gasteiger partial charge in [0, 0.05) is 21.6 Å². The van der Waals surface area contributed by atoms with Crippen LogP contribution < -0.4 is 20.5 Å². The third-order valence-electron chi connectivity index (χ3n) is 4.73. The van der Waals surface area contributed by atoms with Gasteiger partial charge in [-0.25, -0.2) is 15.0 Å². The van der Waals surface area contributed by atoms with E-state index in [-0.39, 0.29) is 0 Å². The third-order valence-corrected chi connectivity index (χ3v) is 7.04. The molecule has 160 valence electrons. The maximum absolute atomic E-state index is 6.07. The number of hydrogen-bond donors (Lipinski definition) is 2. The lowest BCUT2D eigenvalue weighted by molar-refractivity contribution is 0.171. The molecule has 0 bridgehead atoms. The normalized spacial score (nSPS) is 13.3. The zero-order valence-electron chi connectivity index (χ0n) is 17.0. The maximum atomic E-state index is 6.07. The zero-order chi connectivity index (χ0) is 21.1. The minimum absolute atomic E-state index is 0.394. The highest BCUT2D eigenvalue weighted by Gasteiger charge is 2.20. The highest BCUT2D eigenvalue weighted by molar-refractivity contribution is 14.1. The van der Waals surface area contributed by atoms with Gasteiger partial charge in [-0.15, -0.1) is 0 Å². The molecule has 1 aliphatic rings. The van der Waals surface area contributed by atoms with Crippen molar-refractivity contribution in [2.75, 3.05) is 32.0 Å².